The quantitative estimate of drug-likeness (QED) is 0.942. The van der Waals surface area contributed by atoms with Gasteiger partial charge in [-0.2, -0.15) is 0 Å². The molecule has 0 atom stereocenters. The summed E-state index contributed by atoms with van der Waals surface area (Å²) in [6, 6.07) is 6.35. The molecule has 2 aliphatic heterocycles. The fraction of sp³-hybridized carbons (Fsp3) is 0.471. The van der Waals surface area contributed by atoms with E-state index in [1.54, 1.807) is 6.20 Å². The summed E-state index contributed by atoms with van der Waals surface area (Å²) in [6.07, 6.45) is 3.77. The van der Waals surface area contributed by atoms with Crippen LogP contribution in [0.2, 0.25) is 0 Å². The number of aromatic amines is 1. The molecule has 6 nitrogen and oxygen atoms in total. The van der Waals surface area contributed by atoms with Crippen molar-refractivity contribution in [3.63, 3.8) is 0 Å². The summed E-state index contributed by atoms with van der Waals surface area (Å²) >= 11 is 0. The largest absolute Gasteiger partial charge is 0.454 e. The molecule has 0 bridgehead atoms. The molecule has 1 N–H and O–H groups in total. The minimum atomic E-state index is 0.00683. The first-order valence-corrected chi connectivity index (χ1v) is 8.09. The van der Waals surface area contributed by atoms with Crippen molar-refractivity contribution in [1.82, 2.24) is 14.5 Å². The van der Waals surface area contributed by atoms with E-state index in [4.69, 9.17) is 9.47 Å². The van der Waals surface area contributed by atoms with Gasteiger partial charge in [-0.3, -0.25) is 9.47 Å². The maximum Gasteiger partial charge on any atom is 0.325 e. The summed E-state index contributed by atoms with van der Waals surface area (Å²) in [5.74, 6) is 1.72. The number of aryl methyl sites for hydroxylation is 1. The first kappa shape index (κ1) is 14.4. The summed E-state index contributed by atoms with van der Waals surface area (Å²) in [5, 5.41) is 0. The van der Waals surface area contributed by atoms with Crippen LogP contribution in [-0.4, -0.2) is 34.3 Å². The van der Waals surface area contributed by atoms with Crippen LogP contribution in [0.15, 0.2) is 29.2 Å². The van der Waals surface area contributed by atoms with E-state index in [9.17, 15) is 4.79 Å². The molecule has 23 heavy (non-hydrogen) atoms. The first-order chi connectivity index (χ1) is 11.2. The van der Waals surface area contributed by atoms with E-state index in [2.05, 4.69) is 16.0 Å². The molecular formula is C17H21N3O3. The average Bonchev–Trinajstić information content (AvgIpc) is 3.16. The van der Waals surface area contributed by atoms with Gasteiger partial charge in [0.2, 0.25) is 6.79 Å². The smallest absolute Gasteiger partial charge is 0.325 e. The van der Waals surface area contributed by atoms with E-state index in [1.807, 2.05) is 23.6 Å². The third-order valence-electron chi connectivity index (χ3n) is 4.80. The predicted molar refractivity (Wildman–Crippen MR) is 85.9 cm³/mol. The highest BCUT2D eigenvalue weighted by Gasteiger charge is 2.25. The lowest BCUT2D eigenvalue weighted by Gasteiger charge is -2.32. The van der Waals surface area contributed by atoms with Crippen molar-refractivity contribution in [3.8, 4) is 11.5 Å². The molecular weight excluding hydrogens is 294 g/mol. The fourth-order valence-corrected chi connectivity index (χ4v) is 3.61. The molecule has 3 heterocycles. The van der Waals surface area contributed by atoms with Gasteiger partial charge in [-0.15, -0.1) is 0 Å². The Hall–Kier alpha value is -2.21. The van der Waals surface area contributed by atoms with Crippen LogP contribution in [0, 0.1) is 6.92 Å². The van der Waals surface area contributed by atoms with Crippen molar-refractivity contribution in [2.45, 2.75) is 32.4 Å². The molecule has 0 aliphatic carbocycles. The van der Waals surface area contributed by atoms with Gasteiger partial charge in [0.25, 0.3) is 0 Å². The van der Waals surface area contributed by atoms with Gasteiger partial charge in [-0.25, -0.2) is 4.79 Å². The van der Waals surface area contributed by atoms with Crippen LogP contribution in [0.1, 0.15) is 30.1 Å². The van der Waals surface area contributed by atoms with Crippen molar-refractivity contribution in [1.29, 1.82) is 0 Å². The van der Waals surface area contributed by atoms with E-state index in [-0.39, 0.29) is 5.69 Å². The number of para-hydroxylation sites is 1. The molecule has 0 unspecified atom stereocenters. The van der Waals surface area contributed by atoms with Crippen molar-refractivity contribution in [3.05, 3.63) is 46.1 Å². The second kappa shape index (κ2) is 5.77. The minimum Gasteiger partial charge on any atom is -0.454 e. The van der Waals surface area contributed by atoms with E-state index in [0.717, 1.165) is 49.7 Å². The van der Waals surface area contributed by atoms with Crippen molar-refractivity contribution in [2.24, 2.45) is 0 Å². The Morgan fingerprint density at radius 1 is 1.26 bits per heavy atom. The predicted octanol–water partition coefficient (Wildman–Crippen LogP) is 2.05. The maximum atomic E-state index is 11.9. The number of ether oxygens (including phenoxy) is 2. The zero-order chi connectivity index (χ0) is 15.8. The molecule has 1 aromatic heterocycles. The molecule has 0 saturated carbocycles. The molecule has 0 spiro atoms. The van der Waals surface area contributed by atoms with E-state index in [0.29, 0.717) is 12.8 Å². The number of nitrogens with zero attached hydrogens (tertiary/aromatic N) is 2. The van der Waals surface area contributed by atoms with Crippen LogP contribution in [0.3, 0.4) is 0 Å². The van der Waals surface area contributed by atoms with Gasteiger partial charge in [0.1, 0.15) is 0 Å². The molecule has 2 aromatic rings. The highest BCUT2D eigenvalue weighted by atomic mass is 16.7. The number of rotatable bonds is 3. The lowest BCUT2D eigenvalue weighted by molar-refractivity contribution is 0.164. The monoisotopic (exact) mass is 315 g/mol. The Bertz CT molecular complexity index is 757. The highest BCUT2D eigenvalue weighted by molar-refractivity contribution is 5.48. The second-order valence-corrected chi connectivity index (χ2v) is 6.26. The lowest BCUT2D eigenvalue weighted by atomic mass is 10.0. The molecule has 1 saturated heterocycles. The van der Waals surface area contributed by atoms with Gasteiger partial charge >= 0.3 is 5.69 Å². The first-order valence-electron chi connectivity index (χ1n) is 8.09. The number of piperidine rings is 1. The summed E-state index contributed by atoms with van der Waals surface area (Å²) in [7, 11) is 0. The van der Waals surface area contributed by atoms with E-state index >= 15 is 0 Å². The Morgan fingerprint density at radius 2 is 2.09 bits per heavy atom. The number of nitrogens with one attached hydrogen (secondary N) is 1. The van der Waals surface area contributed by atoms with Crippen LogP contribution in [0.4, 0.5) is 0 Å². The van der Waals surface area contributed by atoms with Gasteiger partial charge < -0.3 is 14.5 Å². The summed E-state index contributed by atoms with van der Waals surface area (Å²) < 4.78 is 12.9. The SMILES string of the molecule is Cc1c[nH]c(=O)n1C1CCN(Cc2cccc3c2OCO3)CC1. The van der Waals surface area contributed by atoms with Gasteiger partial charge in [0, 0.05) is 43.1 Å². The zero-order valence-electron chi connectivity index (χ0n) is 13.2. The number of hydrogen-bond acceptors (Lipinski definition) is 4. The number of likely N-dealkylation sites (tertiary alicyclic amines) is 1. The normalized spacial score (nSPS) is 18.5. The summed E-state index contributed by atoms with van der Waals surface area (Å²) in [6.45, 7) is 5.11. The van der Waals surface area contributed by atoms with Crippen LogP contribution in [0.25, 0.3) is 0 Å². The van der Waals surface area contributed by atoms with Crippen molar-refractivity contribution in [2.75, 3.05) is 19.9 Å². The van der Waals surface area contributed by atoms with Gasteiger partial charge in [-0.1, -0.05) is 12.1 Å². The third-order valence-corrected chi connectivity index (χ3v) is 4.80. The molecule has 0 amide bonds. The van der Waals surface area contributed by atoms with Crippen LogP contribution in [-0.2, 0) is 6.54 Å². The maximum absolute atomic E-state index is 11.9. The molecule has 1 aromatic carbocycles. The molecule has 122 valence electrons. The number of H-pyrrole nitrogens is 1. The molecule has 1 fully saturated rings. The van der Waals surface area contributed by atoms with Crippen LogP contribution >= 0.6 is 0 Å². The number of benzene rings is 1. The number of fused-ring (bicyclic) bond motifs is 1. The summed E-state index contributed by atoms with van der Waals surface area (Å²) in [4.78, 5) is 17.1. The standard InChI is InChI=1S/C17H21N3O3/c1-12-9-18-17(21)20(12)14-5-7-19(8-6-14)10-13-3-2-4-15-16(13)23-11-22-15/h2-4,9,14H,5-8,10-11H2,1H3,(H,18,21). The zero-order valence-corrected chi connectivity index (χ0v) is 13.2. The Kier molecular flexibility index (Phi) is 3.61. The molecule has 2 aliphatic rings. The van der Waals surface area contributed by atoms with Gasteiger partial charge in [0.05, 0.1) is 0 Å². The van der Waals surface area contributed by atoms with E-state index in [1.165, 1.54) is 5.56 Å². The topological polar surface area (TPSA) is 59.5 Å². The highest BCUT2D eigenvalue weighted by Crippen LogP contribution is 2.36. The Labute approximate surface area is 134 Å². The van der Waals surface area contributed by atoms with Crippen molar-refractivity contribution >= 4 is 0 Å². The van der Waals surface area contributed by atoms with Crippen LogP contribution in [0.5, 0.6) is 11.5 Å². The fourth-order valence-electron chi connectivity index (χ4n) is 3.61. The molecule has 4 rings (SSSR count). The average molecular weight is 315 g/mol. The van der Waals surface area contributed by atoms with Crippen molar-refractivity contribution < 1.29 is 9.47 Å². The molecule has 6 heteroatoms. The number of imidazole rings is 1. The number of hydrogen-bond donors (Lipinski definition) is 1. The number of aromatic nitrogens is 2. The molecule has 0 radical (unpaired) electrons. The van der Waals surface area contributed by atoms with Gasteiger partial charge in [-0.05, 0) is 25.8 Å². The van der Waals surface area contributed by atoms with E-state index < -0.39 is 0 Å². The Morgan fingerprint density at radius 3 is 2.83 bits per heavy atom. The third kappa shape index (κ3) is 2.63. The minimum absolute atomic E-state index is 0.00683. The Balaban J connectivity index is 1.43. The van der Waals surface area contributed by atoms with Crippen LogP contribution < -0.4 is 15.2 Å². The summed E-state index contributed by atoms with van der Waals surface area (Å²) in [5.41, 5.74) is 2.20. The van der Waals surface area contributed by atoms with Gasteiger partial charge in [0.15, 0.2) is 11.5 Å². The lowest BCUT2D eigenvalue weighted by Crippen LogP contribution is -2.37. The second-order valence-electron chi connectivity index (χ2n) is 6.26.